The molecule has 0 aromatic heterocycles. The predicted molar refractivity (Wildman–Crippen MR) is 60.0 cm³/mol. The molecule has 1 heterocycles. The van der Waals surface area contributed by atoms with E-state index in [0.717, 1.165) is 17.4 Å². The summed E-state index contributed by atoms with van der Waals surface area (Å²) in [6.45, 7) is 3.16. The Bertz CT molecular complexity index is 171. The van der Waals surface area contributed by atoms with Gasteiger partial charge in [0, 0.05) is 18.9 Å². The number of hydrogen-bond acceptors (Lipinski definition) is 3. The molecule has 0 aliphatic carbocycles. The van der Waals surface area contributed by atoms with Crippen LogP contribution in [0.1, 0.15) is 19.8 Å². The molecule has 3 nitrogen and oxygen atoms in total. The second-order valence-corrected chi connectivity index (χ2v) is 4.47. The summed E-state index contributed by atoms with van der Waals surface area (Å²) in [4.78, 5) is 10.6. The van der Waals surface area contributed by atoms with Crippen molar-refractivity contribution in [2.45, 2.75) is 25.8 Å². The van der Waals surface area contributed by atoms with Crippen LogP contribution in [0.3, 0.4) is 0 Å². The average Bonchev–Trinajstić information content (AvgIpc) is 1.97. The molecule has 1 fully saturated rings. The number of hydrogen-bond donors (Lipinski definition) is 1. The van der Waals surface area contributed by atoms with Crippen molar-refractivity contribution in [1.29, 1.82) is 0 Å². The maximum Gasteiger partial charge on any atom is 0.302 e. The molecule has 0 aromatic carbocycles. The average molecular weight is 297 g/mol. The third-order valence-corrected chi connectivity index (χ3v) is 3.03. The summed E-state index contributed by atoms with van der Waals surface area (Å²) in [6, 6.07) is 0.578. The first-order chi connectivity index (χ1) is 6.24. The number of ether oxygens (including phenoxy) is 1. The predicted octanol–water partition coefficient (Wildman–Crippen LogP) is 1.35. The van der Waals surface area contributed by atoms with Crippen molar-refractivity contribution in [2.24, 2.45) is 5.92 Å². The highest BCUT2D eigenvalue weighted by Crippen LogP contribution is 2.19. The second kappa shape index (κ2) is 5.80. The molecule has 2 atom stereocenters. The Morgan fingerprint density at radius 3 is 2.85 bits per heavy atom. The smallest absolute Gasteiger partial charge is 0.302 e. The van der Waals surface area contributed by atoms with E-state index in [-0.39, 0.29) is 5.97 Å². The first-order valence-electron chi connectivity index (χ1n) is 4.66. The third-order valence-electron chi connectivity index (χ3n) is 2.41. The summed E-state index contributed by atoms with van der Waals surface area (Å²) in [7, 11) is 0. The summed E-state index contributed by atoms with van der Waals surface area (Å²) in [5, 5.41) is 3.36. The highest BCUT2D eigenvalue weighted by molar-refractivity contribution is 14.1. The molecule has 1 aliphatic heterocycles. The van der Waals surface area contributed by atoms with Crippen LogP contribution in [0.25, 0.3) is 0 Å². The minimum Gasteiger partial charge on any atom is -0.466 e. The van der Waals surface area contributed by atoms with Crippen molar-refractivity contribution in [3.63, 3.8) is 0 Å². The van der Waals surface area contributed by atoms with Crippen LogP contribution in [0.15, 0.2) is 0 Å². The van der Waals surface area contributed by atoms with Gasteiger partial charge in [0.1, 0.15) is 0 Å². The summed E-state index contributed by atoms with van der Waals surface area (Å²) < 4.78 is 6.16. The molecule has 0 saturated carbocycles. The lowest BCUT2D eigenvalue weighted by Crippen LogP contribution is -2.49. The van der Waals surface area contributed by atoms with Gasteiger partial charge in [-0.3, -0.25) is 4.79 Å². The van der Waals surface area contributed by atoms with E-state index in [1.54, 1.807) is 0 Å². The van der Waals surface area contributed by atoms with Gasteiger partial charge < -0.3 is 10.1 Å². The molecule has 1 rings (SSSR count). The van der Waals surface area contributed by atoms with Gasteiger partial charge in [0.05, 0.1) is 6.61 Å². The van der Waals surface area contributed by atoms with Gasteiger partial charge in [-0.05, 0) is 23.8 Å². The lowest BCUT2D eigenvalue weighted by atomic mass is 9.90. The zero-order valence-electron chi connectivity index (χ0n) is 7.88. The molecule has 1 saturated heterocycles. The van der Waals surface area contributed by atoms with E-state index in [4.69, 9.17) is 4.74 Å². The van der Waals surface area contributed by atoms with Gasteiger partial charge in [0.25, 0.3) is 0 Å². The van der Waals surface area contributed by atoms with Crippen molar-refractivity contribution in [3.05, 3.63) is 0 Å². The Morgan fingerprint density at radius 1 is 1.77 bits per heavy atom. The highest BCUT2D eigenvalue weighted by atomic mass is 127. The van der Waals surface area contributed by atoms with E-state index in [2.05, 4.69) is 27.9 Å². The van der Waals surface area contributed by atoms with E-state index < -0.39 is 0 Å². The lowest BCUT2D eigenvalue weighted by molar-refractivity contribution is -0.142. The van der Waals surface area contributed by atoms with Crippen LogP contribution in [0, 0.1) is 5.92 Å². The zero-order valence-corrected chi connectivity index (χ0v) is 10.0. The first-order valence-corrected chi connectivity index (χ1v) is 6.19. The van der Waals surface area contributed by atoms with E-state index in [9.17, 15) is 4.79 Å². The minimum atomic E-state index is -0.169. The number of carbonyl (C=O) groups is 1. The fourth-order valence-corrected chi connectivity index (χ4v) is 2.28. The summed E-state index contributed by atoms with van der Waals surface area (Å²) in [6.07, 6.45) is 2.36. The Balaban J connectivity index is 2.24. The Hall–Kier alpha value is 0.160. The van der Waals surface area contributed by atoms with E-state index in [1.165, 1.54) is 13.3 Å². The van der Waals surface area contributed by atoms with Gasteiger partial charge in [-0.25, -0.2) is 0 Å². The molecular weight excluding hydrogens is 281 g/mol. The minimum absolute atomic E-state index is 0.169. The van der Waals surface area contributed by atoms with Gasteiger partial charge >= 0.3 is 5.97 Å². The van der Waals surface area contributed by atoms with Gasteiger partial charge in [0.2, 0.25) is 0 Å². The van der Waals surface area contributed by atoms with Crippen molar-refractivity contribution >= 4 is 28.6 Å². The molecule has 76 valence electrons. The van der Waals surface area contributed by atoms with Crippen LogP contribution >= 0.6 is 22.6 Å². The molecule has 4 heteroatoms. The standard InChI is InChI=1S/C9H16INO2/c1-7(12)13-6-8(2-4-10)9-3-5-11-9/h8-9,11H,2-6H2,1H3. The Labute approximate surface area is 92.7 Å². The molecule has 13 heavy (non-hydrogen) atoms. The maximum atomic E-state index is 10.6. The molecule has 0 aromatic rings. The number of rotatable bonds is 5. The number of carbonyl (C=O) groups excluding carboxylic acids is 1. The normalized spacial score (nSPS) is 23.4. The van der Waals surface area contributed by atoms with Gasteiger partial charge in [-0.1, -0.05) is 22.6 Å². The van der Waals surface area contributed by atoms with Crippen LogP contribution in [0.4, 0.5) is 0 Å². The molecule has 2 unspecified atom stereocenters. The van der Waals surface area contributed by atoms with Crippen LogP contribution < -0.4 is 5.32 Å². The molecular formula is C9H16INO2. The van der Waals surface area contributed by atoms with Gasteiger partial charge in [-0.15, -0.1) is 0 Å². The largest absolute Gasteiger partial charge is 0.466 e. The van der Waals surface area contributed by atoms with Crippen molar-refractivity contribution in [1.82, 2.24) is 5.32 Å². The van der Waals surface area contributed by atoms with E-state index >= 15 is 0 Å². The molecule has 0 radical (unpaired) electrons. The number of halogens is 1. The summed E-state index contributed by atoms with van der Waals surface area (Å²) in [5.74, 6) is 0.340. The first kappa shape index (κ1) is 11.2. The third kappa shape index (κ3) is 3.81. The highest BCUT2D eigenvalue weighted by Gasteiger charge is 2.26. The summed E-state index contributed by atoms with van der Waals surface area (Å²) >= 11 is 2.37. The van der Waals surface area contributed by atoms with E-state index in [1.807, 2.05) is 0 Å². The molecule has 0 amide bonds. The lowest BCUT2D eigenvalue weighted by Gasteiger charge is -2.34. The van der Waals surface area contributed by atoms with Gasteiger partial charge in [-0.2, -0.15) is 0 Å². The van der Waals surface area contributed by atoms with Gasteiger partial charge in [0.15, 0.2) is 0 Å². The maximum absolute atomic E-state index is 10.6. The Kier molecular flexibility index (Phi) is 5.01. The van der Waals surface area contributed by atoms with Crippen molar-refractivity contribution in [3.8, 4) is 0 Å². The van der Waals surface area contributed by atoms with Crippen molar-refractivity contribution < 1.29 is 9.53 Å². The number of alkyl halides is 1. The fourth-order valence-electron chi connectivity index (χ4n) is 1.48. The SMILES string of the molecule is CC(=O)OCC(CCI)C1CCN1. The molecule has 0 bridgehead atoms. The Morgan fingerprint density at radius 2 is 2.46 bits per heavy atom. The molecule has 0 spiro atoms. The second-order valence-electron chi connectivity index (χ2n) is 3.39. The van der Waals surface area contributed by atoms with Crippen LogP contribution in [0.5, 0.6) is 0 Å². The van der Waals surface area contributed by atoms with Crippen LogP contribution in [-0.2, 0) is 9.53 Å². The van der Waals surface area contributed by atoms with Crippen LogP contribution in [0.2, 0.25) is 0 Å². The quantitative estimate of drug-likeness (QED) is 0.473. The molecule has 1 N–H and O–H groups in total. The molecule has 1 aliphatic rings. The monoisotopic (exact) mass is 297 g/mol. The number of nitrogens with one attached hydrogen (secondary N) is 1. The number of esters is 1. The van der Waals surface area contributed by atoms with Crippen LogP contribution in [-0.4, -0.2) is 29.6 Å². The fraction of sp³-hybridized carbons (Fsp3) is 0.889. The summed E-state index contributed by atoms with van der Waals surface area (Å²) in [5.41, 5.74) is 0. The zero-order chi connectivity index (χ0) is 9.68. The van der Waals surface area contributed by atoms with E-state index in [0.29, 0.717) is 18.6 Å². The van der Waals surface area contributed by atoms with Crippen molar-refractivity contribution in [2.75, 3.05) is 17.6 Å². The topological polar surface area (TPSA) is 38.3 Å².